The fourth-order valence-electron chi connectivity index (χ4n) is 2.82. The molecule has 0 unspecified atom stereocenters. The Balaban J connectivity index is 2.14. The number of benzene rings is 2. The minimum absolute atomic E-state index is 0.339. The number of nitrogens with zero attached hydrogens (tertiary/aromatic N) is 1. The first-order valence-electron chi connectivity index (χ1n) is 6.36. The van der Waals surface area contributed by atoms with Crippen LogP contribution in [0.15, 0.2) is 42.5 Å². The predicted molar refractivity (Wildman–Crippen MR) is 81.1 cm³/mol. The van der Waals surface area contributed by atoms with Gasteiger partial charge in [-0.05, 0) is 35.9 Å². The molecule has 0 saturated heterocycles. The molecule has 2 aromatic rings. The molecule has 1 aliphatic heterocycles. The van der Waals surface area contributed by atoms with Crippen LogP contribution in [0.1, 0.15) is 22.6 Å². The van der Waals surface area contributed by atoms with Gasteiger partial charge in [0, 0.05) is 29.1 Å². The average molecular weight is 292 g/mol. The summed E-state index contributed by atoms with van der Waals surface area (Å²) in [5, 5.41) is 1.49. The number of rotatable bonds is 1. The summed E-state index contributed by atoms with van der Waals surface area (Å²) in [4.78, 5) is 2.31. The molecule has 0 fully saturated rings. The molecule has 0 amide bonds. The highest BCUT2D eigenvalue weighted by molar-refractivity contribution is 6.35. The number of likely N-dealkylation sites (N-methyl/N-ethyl adjacent to an activating group) is 1. The molecule has 0 spiro atoms. The molecule has 1 aliphatic rings. The van der Waals surface area contributed by atoms with E-state index in [4.69, 9.17) is 23.2 Å². The van der Waals surface area contributed by atoms with Gasteiger partial charge < -0.3 is 4.90 Å². The third kappa shape index (κ3) is 2.51. The lowest BCUT2D eigenvalue weighted by Crippen LogP contribution is -2.31. The van der Waals surface area contributed by atoms with Crippen LogP contribution in [0.5, 0.6) is 0 Å². The van der Waals surface area contributed by atoms with E-state index in [1.54, 1.807) is 0 Å². The van der Waals surface area contributed by atoms with Gasteiger partial charge in [0.15, 0.2) is 0 Å². The third-order valence-electron chi connectivity index (χ3n) is 3.69. The monoisotopic (exact) mass is 291 g/mol. The number of hydrogen-bond acceptors (Lipinski definition) is 1. The molecule has 98 valence electrons. The summed E-state index contributed by atoms with van der Waals surface area (Å²) in [7, 11) is 2.13. The van der Waals surface area contributed by atoms with Gasteiger partial charge in [-0.25, -0.2) is 0 Å². The van der Waals surface area contributed by atoms with Crippen molar-refractivity contribution in [2.24, 2.45) is 0 Å². The molecule has 0 saturated carbocycles. The first-order valence-corrected chi connectivity index (χ1v) is 7.12. The third-order valence-corrected chi connectivity index (χ3v) is 4.25. The summed E-state index contributed by atoms with van der Waals surface area (Å²) in [6.07, 6.45) is 0. The van der Waals surface area contributed by atoms with Crippen molar-refractivity contribution in [1.29, 1.82) is 0 Å². The first kappa shape index (κ1) is 13.0. The summed E-state index contributed by atoms with van der Waals surface area (Å²) in [5.41, 5.74) is 3.78. The fourth-order valence-corrected chi connectivity index (χ4v) is 3.38. The lowest BCUT2D eigenvalue weighted by Gasteiger charge is -2.33. The number of fused-ring (bicyclic) bond motifs is 1. The van der Waals surface area contributed by atoms with Crippen LogP contribution in [0.2, 0.25) is 10.0 Å². The van der Waals surface area contributed by atoms with E-state index in [9.17, 15) is 0 Å². The Labute approximate surface area is 123 Å². The van der Waals surface area contributed by atoms with Gasteiger partial charge in [-0.1, -0.05) is 53.5 Å². The van der Waals surface area contributed by atoms with Crippen LogP contribution in [0.3, 0.4) is 0 Å². The number of hydrogen-bond donors (Lipinski definition) is 0. The molecule has 0 aromatic heterocycles. The molecule has 0 bridgehead atoms. The summed E-state index contributed by atoms with van der Waals surface area (Å²) in [6, 6.07) is 14.4. The van der Waals surface area contributed by atoms with Crippen molar-refractivity contribution in [2.75, 3.05) is 13.6 Å². The van der Waals surface area contributed by atoms with Crippen LogP contribution in [-0.4, -0.2) is 18.5 Å². The van der Waals surface area contributed by atoms with Crippen LogP contribution in [0.4, 0.5) is 0 Å². The second kappa shape index (κ2) is 5.16. The minimum atomic E-state index is 0.339. The first-order chi connectivity index (χ1) is 9.15. The van der Waals surface area contributed by atoms with E-state index in [1.807, 2.05) is 12.1 Å². The molecular weight excluding hydrogens is 277 g/mol. The van der Waals surface area contributed by atoms with Gasteiger partial charge in [0.25, 0.3) is 0 Å². The lowest BCUT2D eigenvalue weighted by atomic mass is 9.85. The Morgan fingerprint density at radius 3 is 2.58 bits per heavy atom. The zero-order valence-corrected chi connectivity index (χ0v) is 12.2. The van der Waals surface area contributed by atoms with E-state index in [-0.39, 0.29) is 0 Å². The second-order valence-electron chi connectivity index (χ2n) is 5.12. The molecule has 1 nitrogen and oxygen atoms in total. The van der Waals surface area contributed by atoms with Crippen molar-refractivity contribution in [3.05, 3.63) is 69.2 Å². The van der Waals surface area contributed by atoms with Gasteiger partial charge >= 0.3 is 0 Å². The van der Waals surface area contributed by atoms with Crippen LogP contribution in [-0.2, 0) is 6.54 Å². The lowest BCUT2D eigenvalue weighted by molar-refractivity contribution is 0.295. The maximum absolute atomic E-state index is 6.35. The van der Waals surface area contributed by atoms with Gasteiger partial charge in [0.05, 0.1) is 0 Å². The fraction of sp³-hybridized carbons (Fsp3) is 0.250. The Morgan fingerprint density at radius 2 is 1.84 bits per heavy atom. The molecule has 0 aliphatic carbocycles. The van der Waals surface area contributed by atoms with Gasteiger partial charge in [0.2, 0.25) is 0 Å². The molecule has 0 radical (unpaired) electrons. The zero-order valence-electron chi connectivity index (χ0n) is 10.7. The van der Waals surface area contributed by atoms with Crippen molar-refractivity contribution in [3.63, 3.8) is 0 Å². The summed E-state index contributed by atoms with van der Waals surface area (Å²) in [5.74, 6) is 0.339. The van der Waals surface area contributed by atoms with Gasteiger partial charge in [-0.2, -0.15) is 0 Å². The van der Waals surface area contributed by atoms with E-state index in [0.717, 1.165) is 18.1 Å². The molecule has 19 heavy (non-hydrogen) atoms. The molecule has 1 heterocycles. The van der Waals surface area contributed by atoms with E-state index < -0.39 is 0 Å². The standard InChI is InChI=1S/C16H15Cl2N/c1-19-9-14(11-5-3-2-4-6-11)13-7-12(17)8-16(18)15(13)10-19/h2-8,14H,9-10H2,1H3/t14-/m0/s1. The van der Waals surface area contributed by atoms with Crippen molar-refractivity contribution in [2.45, 2.75) is 12.5 Å². The Morgan fingerprint density at radius 1 is 1.11 bits per heavy atom. The van der Waals surface area contributed by atoms with Crippen LogP contribution >= 0.6 is 23.2 Å². The molecular formula is C16H15Cl2N. The molecule has 3 rings (SSSR count). The SMILES string of the molecule is CN1Cc2c(Cl)cc(Cl)cc2[C@H](c2ccccc2)C1. The van der Waals surface area contributed by atoms with Crippen LogP contribution in [0.25, 0.3) is 0 Å². The normalized spacial score (nSPS) is 19.2. The van der Waals surface area contributed by atoms with E-state index >= 15 is 0 Å². The summed E-state index contributed by atoms with van der Waals surface area (Å²) in [6.45, 7) is 1.88. The maximum Gasteiger partial charge on any atom is 0.0468 e. The Kier molecular flexibility index (Phi) is 3.53. The second-order valence-corrected chi connectivity index (χ2v) is 5.96. The minimum Gasteiger partial charge on any atom is -0.301 e. The smallest absolute Gasteiger partial charge is 0.0468 e. The van der Waals surface area contributed by atoms with E-state index in [2.05, 4.69) is 42.3 Å². The van der Waals surface area contributed by atoms with Crippen molar-refractivity contribution < 1.29 is 0 Å². The predicted octanol–water partition coefficient (Wildman–Crippen LogP) is 4.57. The average Bonchev–Trinajstić information content (AvgIpc) is 2.40. The highest BCUT2D eigenvalue weighted by Crippen LogP contribution is 2.38. The van der Waals surface area contributed by atoms with Crippen molar-refractivity contribution in [1.82, 2.24) is 4.90 Å². The van der Waals surface area contributed by atoms with Gasteiger partial charge in [0.1, 0.15) is 0 Å². The largest absolute Gasteiger partial charge is 0.301 e. The highest BCUT2D eigenvalue weighted by atomic mass is 35.5. The molecule has 0 N–H and O–H groups in total. The number of halogens is 2. The van der Waals surface area contributed by atoms with E-state index in [1.165, 1.54) is 16.7 Å². The van der Waals surface area contributed by atoms with Crippen molar-refractivity contribution in [3.8, 4) is 0 Å². The Hall–Kier alpha value is -1.02. The molecule has 1 atom stereocenters. The summed E-state index contributed by atoms with van der Waals surface area (Å²) >= 11 is 12.5. The van der Waals surface area contributed by atoms with Gasteiger partial charge in [-0.3, -0.25) is 0 Å². The summed E-state index contributed by atoms with van der Waals surface area (Å²) < 4.78 is 0. The highest BCUT2D eigenvalue weighted by Gasteiger charge is 2.26. The maximum atomic E-state index is 6.35. The van der Waals surface area contributed by atoms with Crippen molar-refractivity contribution >= 4 is 23.2 Å². The Bertz CT molecular complexity index is 595. The molecule has 2 aromatic carbocycles. The zero-order chi connectivity index (χ0) is 13.4. The van der Waals surface area contributed by atoms with Crippen LogP contribution < -0.4 is 0 Å². The van der Waals surface area contributed by atoms with Gasteiger partial charge in [-0.15, -0.1) is 0 Å². The quantitative estimate of drug-likeness (QED) is 0.744. The molecule has 3 heteroatoms. The topological polar surface area (TPSA) is 3.24 Å². The van der Waals surface area contributed by atoms with Crippen LogP contribution in [0, 0.1) is 0 Å². The van der Waals surface area contributed by atoms with E-state index in [0.29, 0.717) is 10.9 Å².